The van der Waals surface area contributed by atoms with Crippen molar-refractivity contribution in [3.8, 4) is 5.75 Å². The number of ketones is 2. The molecular weight excluding hydrogens is 272 g/mol. The maximum atomic E-state index is 12.5. The molecule has 0 aromatic heterocycles. The van der Waals surface area contributed by atoms with Gasteiger partial charge in [0.2, 0.25) is 5.78 Å². The summed E-state index contributed by atoms with van der Waals surface area (Å²) < 4.78 is 4.99. The van der Waals surface area contributed by atoms with Crippen molar-refractivity contribution in [1.29, 1.82) is 0 Å². The number of Topliss-reactive ketones (excluding diaryl/α,β-unsaturated/α-hetero) is 2. The fourth-order valence-corrected chi connectivity index (χ4v) is 2.58. The Balaban J connectivity index is 2.94. The molecule has 5 heteroatoms. The van der Waals surface area contributed by atoms with Gasteiger partial charge in [-0.25, -0.2) is 0 Å². The third-order valence-corrected chi connectivity index (χ3v) is 3.66. The molecule has 0 amide bonds. The van der Waals surface area contributed by atoms with E-state index in [4.69, 9.17) is 4.74 Å². The van der Waals surface area contributed by atoms with E-state index < -0.39 is 5.78 Å². The molecule has 21 heavy (non-hydrogen) atoms. The van der Waals surface area contributed by atoms with Crippen LogP contribution in [-0.2, 0) is 4.74 Å². The smallest absolute Gasteiger partial charge is 0.229 e. The summed E-state index contributed by atoms with van der Waals surface area (Å²) in [5, 5.41) is 9.97. The third-order valence-electron chi connectivity index (χ3n) is 3.66. The van der Waals surface area contributed by atoms with Crippen LogP contribution in [0.25, 0.3) is 0 Å². The first-order valence-corrected chi connectivity index (χ1v) is 6.54. The van der Waals surface area contributed by atoms with Crippen LogP contribution in [0.5, 0.6) is 5.75 Å². The topological polar surface area (TPSA) is 80.7 Å². The zero-order valence-electron chi connectivity index (χ0n) is 12.3. The maximum absolute atomic E-state index is 12.5. The molecule has 1 aliphatic carbocycles. The van der Waals surface area contributed by atoms with E-state index in [1.807, 2.05) is 13.8 Å². The Kier molecular flexibility index (Phi) is 3.68. The van der Waals surface area contributed by atoms with Crippen LogP contribution in [0.3, 0.4) is 0 Å². The van der Waals surface area contributed by atoms with Crippen LogP contribution in [0, 0.1) is 0 Å². The molecule has 1 N–H and O–H groups in total. The molecule has 5 nitrogen and oxygen atoms in total. The Morgan fingerprint density at radius 3 is 2.29 bits per heavy atom. The summed E-state index contributed by atoms with van der Waals surface area (Å²) in [4.78, 5) is 36.3. The number of phenolic OH excluding ortho intramolecular Hbond substituents is 1. The van der Waals surface area contributed by atoms with E-state index in [-0.39, 0.29) is 45.5 Å². The molecule has 2 rings (SSSR count). The lowest BCUT2D eigenvalue weighted by Crippen LogP contribution is -2.25. The van der Waals surface area contributed by atoms with Crippen molar-refractivity contribution >= 4 is 17.9 Å². The number of fused-ring (bicyclic) bond motifs is 1. The highest BCUT2D eigenvalue weighted by molar-refractivity contribution is 6.28. The second kappa shape index (κ2) is 5.16. The Morgan fingerprint density at radius 2 is 1.81 bits per heavy atom. The molecule has 0 radical (unpaired) electrons. The van der Waals surface area contributed by atoms with Gasteiger partial charge in [-0.1, -0.05) is 13.8 Å². The Bertz CT molecular complexity index is 695. The van der Waals surface area contributed by atoms with Crippen LogP contribution < -0.4 is 0 Å². The summed E-state index contributed by atoms with van der Waals surface area (Å²) in [5.74, 6) is -1.38. The van der Waals surface area contributed by atoms with Crippen LogP contribution in [0.1, 0.15) is 63.3 Å². The molecule has 0 saturated carbocycles. The van der Waals surface area contributed by atoms with Crippen molar-refractivity contribution in [1.82, 2.24) is 0 Å². The van der Waals surface area contributed by atoms with Gasteiger partial charge in [-0.15, -0.1) is 0 Å². The summed E-state index contributed by atoms with van der Waals surface area (Å²) >= 11 is 0. The van der Waals surface area contributed by atoms with Gasteiger partial charge >= 0.3 is 0 Å². The van der Waals surface area contributed by atoms with Crippen LogP contribution >= 0.6 is 0 Å². The highest BCUT2D eigenvalue weighted by Gasteiger charge is 2.36. The van der Waals surface area contributed by atoms with Crippen LogP contribution in [-0.4, -0.2) is 30.1 Å². The third kappa shape index (κ3) is 2.05. The number of rotatable bonds is 3. The number of phenols is 1. The molecule has 0 heterocycles. The first-order chi connectivity index (χ1) is 9.84. The number of methoxy groups -OCH3 is 1. The van der Waals surface area contributed by atoms with Gasteiger partial charge in [-0.2, -0.15) is 0 Å². The van der Waals surface area contributed by atoms with Crippen molar-refractivity contribution in [2.75, 3.05) is 7.11 Å². The molecule has 0 bridgehead atoms. The van der Waals surface area contributed by atoms with Gasteiger partial charge in [-0.05, 0) is 24.5 Å². The lowest BCUT2D eigenvalue weighted by molar-refractivity contribution is 0.0902. The summed E-state index contributed by atoms with van der Waals surface area (Å²) in [6.07, 6.45) is 0.386. The van der Waals surface area contributed by atoms with Crippen LogP contribution in [0.15, 0.2) is 17.4 Å². The van der Waals surface area contributed by atoms with Crippen molar-refractivity contribution in [3.63, 3.8) is 0 Å². The van der Waals surface area contributed by atoms with Crippen molar-refractivity contribution in [3.05, 3.63) is 39.7 Å². The van der Waals surface area contributed by atoms with Crippen molar-refractivity contribution in [2.45, 2.75) is 26.7 Å². The van der Waals surface area contributed by atoms with Crippen LogP contribution in [0.4, 0.5) is 0 Å². The molecule has 0 fully saturated rings. The van der Waals surface area contributed by atoms with Gasteiger partial charge in [0.15, 0.2) is 17.8 Å². The molecule has 1 aliphatic rings. The minimum absolute atomic E-state index is 0.0684. The summed E-state index contributed by atoms with van der Waals surface area (Å²) in [6.45, 7) is 5.20. The minimum atomic E-state index is -0.551. The fraction of sp³-hybridized carbons (Fsp3) is 0.312. The van der Waals surface area contributed by atoms with Gasteiger partial charge in [-0.3, -0.25) is 14.4 Å². The Hall–Kier alpha value is -2.43. The van der Waals surface area contributed by atoms with Gasteiger partial charge in [0.1, 0.15) is 5.75 Å². The van der Waals surface area contributed by atoms with E-state index in [1.165, 1.54) is 20.1 Å². The highest BCUT2D eigenvalue weighted by Crippen LogP contribution is 2.37. The minimum Gasteiger partial charge on any atom is -0.507 e. The quantitative estimate of drug-likeness (QED) is 0.865. The lowest BCUT2D eigenvalue weighted by Gasteiger charge is -2.23. The maximum Gasteiger partial charge on any atom is 0.229 e. The molecule has 1 aromatic rings. The second-order valence-corrected chi connectivity index (χ2v) is 5.24. The summed E-state index contributed by atoms with van der Waals surface area (Å²) in [6, 6.07) is 1.38. The number of allylic oxidation sites excluding steroid dienone is 2. The standard InChI is InChI=1S/C16H16O5/c1-7(2)9-5-11(18)10(6-17)13-12(9)14(19)8(3)16(21-4)15(13)20/h5-7,18H,1-4H3. The molecule has 0 atom stereocenters. The van der Waals surface area contributed by atoms with E-state index in [0.717, 1.165) is 0 Å². The monoisotopic (exact) mass is 288 g/mol. The molecular formula is C16H16O5. The van der Waals surface area contributed by atoms with E-state index in [9.17, 15) is 19.5 Å². The average molecular weight is 288 g/mol. The molecule has 110 valence electrons. The van der Waals surface area contributed by atoms with Gasteiger partial charge in [0.25, 0.3) is 0 Å². The van der Waals surface area contributed by atoms with Crippen LogP contribution in [0.2, 0.25) is 0 Å². The summed E-state index contributed by atoms with van der Waals surface area (Å²) in [7, 11) is 1.29. The van der Waals surface area contributed by atoms with Crippen molar-refractivity contribution < 1.29 is 24.2 Å². The predicted octanol–water partition coefficient (Wildman–Crippen LogP) is 2.63. The number of benzene rings is 1. The Morgan fingerprint density at radius 1 is 1.19 bits per heavy atom. The number of ether oxygens (including phenoxy) is 1. The zero-order chi connectivity index (χ0) is 15.9. The zero-order valence-corrected chi connectivity index (χ0v) is 12.3. The first kappa shape index (κ1) is 15.0. The molecule has 0 unspecified atom stereocenters. The summed E-state index contributed by atoms with van der Waals surface area (Å²) in [5.41, 5.74) is 0.699. The Labute approximate surface area is 122 Å². The van der Waals surface area contributed by atoms with E-state index >= 15 is 0 Å². The number of hydrogen-bond acceptors (Lipinski definition) is 5. The van der Waals surface area contributed by atoms with E-state index in [1.54, 1.807) is 0 Å². The average Bonchev–Trinajstić information content (AvgIpc) is 2.44. The molecule has 1 aromatic carbocycles. The number of carbonyl (C=O) groups is 3. The number of carbonyl (C=O) groups excluding carboxylic acids is 3. The molecule has 0 spiro atoms. The predicted molar refractivity (Wildman–Crippen MR) is 76.0 cm³/mol. The van der Waals surface area contributed by atoms with Gasteiger partial charge < -0.3 is 9.84 Å². The number of aromatic hydroxyl groups is 1. The van der Waals surface area contributed by atoms with Crippen molar-refractivity contribution in [2.24, 2.45) is 0 Å². The normalized spacial score (nSPS) is 14.5. The largest absolute Gasteiger partial charge is 0.507 e. The lowest BCUT2D eigenvalue weighted by atomic mass is 9.80. The second-order valence-electron chi connectivity index (χ2n) is 5.24. The number of hydrogen-bond donors (Lipinski definition) is 1. The highest BCUT2D eigenvalue weighted by atomic mass is 16.5. The first-order valence-electron chi connectivity index (χ1n) is 6.54. The van der Waals surface area contributed by atoms with E-state index in [2.05, 4.69) is 0 Å². The molecule has 0 saturated heterocycles. The van der Waals surface area contributed by atoms with Gasteiger partial charge in [0, 0.05) is 11.1 Å². The fourth-order valence-electron chi connectivity index (χ4n) is 2.58. The van der Waals surface area contributed by atoms with Gasteiger partial charge in [0.05, 0.1) is 18.2 Å². The molecule has 0 aliphatic heterocycles. The SMILES string of the molecule is COC1=C(C)C(=O)c2c(C(C)C)cc(O)c(C=O)c2C1=O. The number of aldehydes is 1. The van der Waals surface area contributed by atoms with E-state index in [0.29, 0.717) is 11.8 Å².